The van der Waals surface area contributed by atoms with E-state index in [0.717, 1.165) is 11.1 Å². The van der Waals surface area contributed by atoms with Crippen LogP contribution < -0.4 is 10.0 Å². The molecule has 0 saturated heterocycles. The molecule has 14 heteroatoms. The molecule has 2 aromatic heterocycles. The van der Waals surface area contributed by atoms with Gasteiger partial charge in [0.15, 0.2) is 5.65 Å². The zero-order valence-electron chi connectivity index (χ0n) is 22.6. The van der Waals surface area contributed by atoms with Crippen molar-refractivity contribution in [1.29, 1.82) is 0 Å². The Kier molecular flexibility index (Phi) is 8.10. The van der Waals surface area contributed by atoms with E-state index in [1.165, 1.54) is 12.1 Å². The molecule has 3 heterocycles. The number of carbonyl (C=O) groups excluding carboxylic acids is 1. The highest BCUT2D eigenvalue weighted by molar-refractivity contribution is 7.89. The Bertz CT molecular complexity index is 1740. The molecule has 10 nitrogen and oxygen atoms in total. The highest BCUT2D eigenvalue weighted by Crippen LogP contribution is 2.30. The van der Waals surface area contributed by atoms with Crippen molar-refractivity contribution in [3.05, 3.63) is 71.4 Å². The molecule has 0 atom stereocenters. The van der Waals surface area contributed by atoms with Crippen LogP contribution in [0.1, 0.15) is 29.5 Å². The van der Waals surface area contributed by atoms with Crippen molar-refractivity contribution in [2.24, 2.45) is 0 Å². The largest absolute Gasteiger partial charge is 0.507 e. The maximum absolute atomic E-state index is 12.9. The van der Waals surface area contributed by atoms with Gasteiger partial charge >= 0.3 is 12.1 Å². The number of phenolic OH excluding ortho intramolecular Hbond substituents is 1. The van der Waals surface area contributed by atoms with Gasteiger partial charge in [-0.25, -0.2) is 18.1 Å². The Morgan fingerprint density at radius 1 is 1.07 bits per heavy atom. The van der Waals surface area contributed by atoms with E-state index in [0.29, 0.717) is 52.6 Å². The third kappa shape index (κ3) is 6.19. The Balaban J connectivity index is 1.18. The van der Waals surface area contributed by atoms with Crippen molar-refractivity contribution in [2.75, 3.05) is 25.0 Å². The lowest BCUT2D eigenvalue weighted by Crippen LogP contribution is -2.43. The summed E-state index contributed by atoms with van der Waals surface area (Å²) >= 11 is 0. The van der Waals surface area contributed by atoms with Crippen LogP contribution in [0.5, 0.6) is 5.75 Å². The molecule has 222 valence electrons. The van der Waals surface area contributed by atoms with Gasteiger partial charge in [0.05, 0.1) is 16.8 Å². The molecule has 5 rings (SSSR count). The second-order valence-corrected chi connectivity index (χ2v) is 11.8. The van der Waals surface area contributed by atoms with E-state index in [4.69, 9.17) is 0 Å². The van der Waals surface area contributed by atoms with Gasteiger partial charge in [-0.1, -0.05) is 18.2 Å². The van der Waals surface area contributed by atoms with Crippen molar-refractivity contribution in [1.82, 2.24) is 24.2 Å². The number of fused-ring (bicyclic) bond motifs is 2. The molecule has 0 aliphatic carbocycles. The molecular formula is C28H29F3N6O4S. The minimum atomic E-state index is -4.98. The van der Waals surface area contributed by atoms with E-state index in [9.17, 15) is 31.5 Å². The number of rotatable bonds is 9. The molecule has 1 amide bonds. The second-order valence-electron chi connectivity index (χ2n) is 10.0. The number of aromatic nitrogens is 3. The Labute approximate surface area is 240 Å². The van der Waals surface area contributed by atoms with E-state index in [1.807, 2.05) is 13.0 Å². The van der Waals surface area contributed by atoms with Crippen LogP contribution >= 0.6 is 0 Å². The molecule has 0 unspecified atom stereocenters. The number of benzene rings is 2. The highest BCUT2D eigenvalue weighted by atomic mass is 32.2. The number of carbonyl (C=O) groups is 1. The number of hydrogen-bond acceptors (Lipinski definition) is 7. The van der Waals surface area contributed by atoms with Gasteiger partial charge in [0, 0.05) is 43.4 Å². The zero-order chi connectivity index (χ0) is 30.1. The maximum Gasteiger partial charge on any atom is 0.471 e. The number of unbranched alkanes of at least 4 members (excludes halogenated alkanes) is 1. The third-order valence-corrected chi connectivity index (χ3v) is 8.52. The van der Waals surface area contributed by atoms with Crippen LogP contribution in [-0.2, 0) is 27.8 Å². The summed E-state index contributed by atoms with van der Waals surface area (Å²) in [6.45, 7) is 2.16. The average molecular weight is 603 g/mol. The fourth-order valence-corrected chi connectivity index (χ4v) is 5.96. The van der Waals surface area contributed by atoms with Gasteiger partial charge < -0.3 is 15.3 Å². The first-order chi connectivity index (χ1) is 19.9. The second kappa shape index (κ2) is 11.6. The predicted octanol–water partition coefficient (Wildman–Crippen LogP) is 4.03. The number of para-hydroxylation sites is 1. The number of alkyl halides is 3. The molecule has 0 saturated carbocycles. The number of nitrogens with one attached hydrogen (secondary N) is 2. The quantitative estimate of drug-likeness (QED) is 0.247. The van der Waals surface area contributed by atoms with Crippen LogP contribution in [0.4, 0.5) is 19.0 Å². The van der Waals surface area contributed by atoms with Gasteiger partial charge in [-0.3, -0.25) is 4.79 Å². The first-order valence-corrected chi connectivity index (χ1v) is 14.8. The minimum Gasteiger partial charge on any atom is -0.507 e. The molecule has 4 aromatic rings. The lowest BCUT2D eigenvalue weighted by molar-refractivity contribution is -0.186. The highest BCUT2D eigenvalue weighted by Gasteiger charge is 2.43. The van der Waals surface area contributed by atoms with E-state index >= 15 is 0 Å². The molecule has 0 spiro atoms. The molecule has 2 aromatic carbocycles. The van der Waals surface area contributed by atoms with Crippen LogP contribution in [0.2, 0.25) is 0 Å². The monoisotopic (exact) mass is 602 g/mol. The molecule has 1 aliphatic heterocycles. The number of nitrogens with zero attached hydrogens (tertiary/aromatic N) is 4. The van der Waals surface area contributed by atoms with Gasteiger partial charge in [0.25, 0.3) is 0 Å². The standard InChI is InChI=1S/C28H29F3N6O4S/c1-18-16-33-37-25(15-23(35-26(18)37)22-6-2-3-7-24(22)38)32-11-4-5-12-34-42(40,41)21-9-8-19-10-13-36(17-20(19)14-21)27(39)28(29,30)31/h2-3,6-9,14-16,32,34,38H,4-5,10-13,17H2,1H3. The topological polar surface area (TPSA) is 129 Å². The van der Waals surface area contributed by atoms with Crippen LogP contribution in [0, 0.1) is 6.92 Å². The molecule has 42 heavy (non-hydrogen) atoms. The first kappa shape index (κ1) is 29.3. The van der Waals surface area contributed by atoms with Crippen molar-refractivity contribution in [3.8, 4) is 17.0 Å². The van der Waals surface area contributed by atoms with Gasteiger partial charge in [-0.2, -0.15) is 22.8 Å². The van der Waals surface area contributed by atoms with Crippen LogP contribution in [0.15, 0.2) is 59.6 Å². The number of anilines is 1. The van der Waals surface area contributed by atoms with Crippen LogP contribution in [-0.4, -0.2) is 64.7 Å². The first-order valence-electron chi connectivity index (χ1n) is 13.3. The predicted molar refractivity (Wildman–Crippen MR) is 149 cm³/mol. The Morgan fingerprint density at radius 2 is 1.83 bits per heavy atom. The molecular weight excluding hydrogens is 573 g/mol. The minimum absolute atomic E-state index is 0.0643. The van der Waals surface area contributed by atoms with Gasteiger partial charge in [-0.15, -0.1) is 0 Å². The molecule has 1 aliphatic rings. The fourth-order valence-electron chi connectivity index (χ4n) is 4.84. The van der Waals surface area contributed by atoms with Gasteiger partial charge in [-0.05, 0) is 61.6 Å². The summed E-state index contributed by atoms with van der Waals surface area (Å²) in [6.07, 6.45) is -1.95. The van der Waals surface area contributed by atoms with Crippen molar-refractivity contribution < 1.29 is 31.5 Å². The average Bonchev–Trinajstić information content (AvgIpc) is 3.34. The lowest BCUT2D eigenvalue weighted by atomic mass is 10.00. The maximum atomic E-state index is 12.9. The molecule has 0 radical (unpaired) electrons. The van der Waals surface area contributed by atoms with E-state index in [-0.39, 0.29) is 36.7 Å². The smallest absolute Gasteiger partial charge is 0.471 e. The summed E-state index contributed by atoms with van der Waals surface area (Å²) in [5, 5.41) is 18.0. The van der Waals surface area contributed by atoms with Crippen LogP contribution in [0.3, 0.4) is 0 Å². The number of sulfonamides is 1. The number of halogens is 3. The number of hydrogen-bond donors (Lipinski definition) is 3. The Morgan fingerprint density at radius 3 is 2.60 bits per heavy atom. The summed E-state index contributed by atoms with van der Waals surface area (Å²) in [5.74, 6) is -1.16. The number of phenols is 1. The van der Waals surface area contributed by atoms with Gasteiger partial charge in [0.2, 0.25) is 10.0 Å². The van der Waals surface area contributed by atoms with Crippen molar-refractivity contribution >= 4 is 27.4 Å². The van der Waals surface area contributed by atoms with Gasteiger partial charge in [0.1, 0.15) is 11.6 Å². The third-order valence-electron chi connectivity index (χ3n) is 7.06. The van der Waals surface area contributed by atoms with Crippen LogP contribution in [0.25, 0.3) is 16.9 Å². The SMILES string of the molecule is Cc1cnn2c(NCCCCNS(=O)(=O)c3ccc4c(c3)CN(C(=O)C(F)(F)F)CC4)cc(-c3ccccc3O)nc12. The summed E-state index contributed by atoms with van der Waals surface area (Å²) in [7, 11) is -3.91. The van der Waals surface area contributed by atoms with Crippen molar-refractivity contribution in [3.63, 3.8) is 0 Å². The fraction of sp³-hybridized carbons (Fsp3) is 0.321. The molecule has 3 N–H and O–H groups in total. The summed E-state index contributed by atoms with van der Waals surface area (Å²) in [6, 6.07) is 13.0. The summed E-state index contributed by atoms with van der Waals surface area (Å²) < 4.78 is 68.5. The van der Waals surface area contributed by atoms with E-state index in [2.05, 4.69) is 20.1 Å². The Hall–Kier alpha value is -4.17. The lowest BCUT2D eigenvalue weighted by Gasteiger charge is -2.29. The zero-order valence-corrected chi connectivity index (χ0v) is 23.5. The van der Waals surface area contributed by atoms with E-state index in [1.54, 1.807) is 41.0 Å². The van der Waals surface area contributed by atoms with E-state index < -0.39 is 22.1 Å². The van der Waals surface area contributed by atoms with Crippen molar-refractivity contribution in [2.45, 2.75) is 43.8 Å². The number of aryl methyl sites for hydroxylation is 1. The number of aromatic hydroxyl groups is 1. The normalized spacial score (nSPS) is 13.8. The summed E-state index contributed by atoms with van der Waals surface area (Å²) in [5.41, 5.74) is 3.77. The summed E-state index contributed by atoms with van der Waals surface area (Å²) in [4.78, 5) is 16.9. The number of amides is 1. The molecule has 0 bridgehead atoms. The molecule has 0 fully saturated rings.